The summed E-state index contributed by atoms with van der Waals surface area (Å²) in [6.07, 6.45) is 4.86. The molecule has 2 aromatic rings. The van der Waals surface area contributed by atoms with Crippen LogP contribution in [0.2, 0.25) is 0 Å². The number of hydrogen-bond donors (Lipinski definition) is 2. The maximum absolute atomic E-state index is 14.3. The minimum atomic E-state index is -0.639. The molecule has 1 atom stereocenters. The van der Waals surface area contributed by atoms with Gasteiger partial charge in [0.2, 0.25) is 0 Å². The Morgan fingerprint density at radius 3 is 2.76 bits per heavy atom. The molecule has 1 aromatic carbocycles. The third-order valence-corrected chi connectivity index (χ3v) is 5.80. The number of anilines is 1. The molecule has 33 heavy (non-hydrogen) atoms. The van der Waals surface area contributed by atoms with Gasteiger partial charge in [0.15, 0.2) is 5.82 Å². The Morgan fingerprint density at radius 2 is 2.09 bits per heavy atom. The number of aliphatic hydroxyl groups excluding tert-OH is 1. The number of ether oxygens (including phenoxy) is 1. The van der Waals surface area contributed by atoms with E-state index in [1.807, 2.05) is 0 Å². The molecule has 2 heterocycles. The number of halogens is 1. The molecule has 1 saturated heterocycles. The quantitative estimate of drug-likeness (QED) is 0.492. The van der Waals surface area contributed by atoms with Gasteiger partial charge in [0.1, 0.15) is 11.6 Å². The molecule has 0 radical (unpaired) electrons. The molecular formula is C24H35FN4O4. The molecule has 1 aromatic heterocycles. The monoisotopic (exact) mass is 462 g/mol. The molecule has 8 nitrogen and oxygen atoms in total. The van der Waals surface area contributed by atoms with E-state index in [4.69, 9.17) is 14.4 Å². The second kappa shape index (κ2) is 12.0. The van der Waals surface area contributed by atoms with Gasteiger partial charge < -0.3 is 24.6 Å². The van der Waals surface area contributed by atoms with Crippen molar-refractivity contribution in [1.82, 2.24) is 15.5 Å². The molecule has 182 valence electrons. The van der Waals surface area contributed by atoms with Gasteiger partial charge in [-0.1, -0.05) is 19.0 Å². The molecule has 0 unspecified atom stereocenters. The third-order valence-electron chi connectivity index (χ3n) is 5.80. The first-order valence-electron chi connectivity index (χ1n) is 11.8. The van der Waals surface area contributed by atoms with Crippen LogP contribution in [0.25, 0.3) is 0 Å². The lowest BCUT2D eigenvalue weighted by molar-refractivity contribution is 0.0918. The highest BCUT2D eigenvalue weighted by atomic mass is 19.1. The van der Waals surface area contributed by atoms with Crippen LogP contribution in [0.3, 0.4) is 0 Å². The average Bonchev–Trinajstić information content (AvgIpc) is 3.24. The normalized spacial score (nSPS) is 15.6. The van der Waals surface area contributed by atoms with Crippen LogP contribution in [0, 0.1) is 17.7 Å². The summed E-state index contributed by atoms with van der Waals surface area (Å²) in [6, 6.07) is 4.42. The van der Waals surface area contributed by atoms with E-state index in [1.54, 1.807) is 13.0 Å². The van der Waals surface area contributed by atoms with Gasteiger partial charge in [-0.3, -0.25) is 4.79 Å². The van der Waals surface area contributed by atoms with Crippen molar-refractivity contribution >= 4 is 11.9 Å². The molecular weight excluding hydrogens is 427 g/mol. The van der Waals surface area contributed by atoms with Gasteiger partial charge in [-0.2, -0.15) is 4.98 Å². The molecule has 0 aliphatic carbocycles. The van der Waals surface area contributed by atoms with Crippen molar-refractivity contribution in [2.45, 2.75) is 58.9 Å². The van der Waals surface area contributed by atoms with Gasteiger partial charge in [-0.25, -0.2) is 4.39 Å². The maximum Gasteiger partial charge on any atom is 0.324 e. The predicted octanol–water partition coefficient (Wildman–Crippen LogP) is 3.59. The number of hydrogen-bond acceptors (Lipinski definition) is 7. The SMILES string of the molecule is CC(C)Cc1noc(N2CCC(CCCOc3ccc(C(=O)N[C@H](C)CO)c(F)c3)CC2)n1. The molecule has 9 heteroatoms. The number of piperidine rings is 1. The first kappa shape index (κ1) is 25.0. The number of carbonyl (C=O) groups excluding carboxylic acids is 1. The number of rotatable bonds is 11. The summed E-state index contributed by atoms with van der Waals surface area (Å²) < 4.78 is 25.4. The van der Waals surface area contributed by atoms with Crippen LogP contribution >= 0.6 is 0 Å². The van der Waals surface area contributed by atoms with Crippen molar-refractivity contribution in [2.24, 2.45) is 11.8 Å². The van der Waals surface area contributed by atoms with Crippen molar-refractivity contribution in [1.29, 1.82) is 0 Å². The second-order valence-electron chi connectivity index (χ2n) is 9.21. The van der Waals surface area contributed by atoms with Crippen LogP contribution < -0.4 is 15.0 Å². The van der Waals surface area contributed by atoms with E-state index in [0.29, 0.717) is 30.2 Å². The Kier molecular flexibility index (Phi) is 9.05. The summed E-state index contributed by atoms with van der Waals surface area (Å²) in [7, 11) is 0. The summed E-state index contributed by atoms with van der Waals surface area (Å²) >= 11 is 0. The third kappa shape index (κ3) is 7.42. The predicted molar refractivity (Wildman–Crippen MR) is 123 cm³/mol. The topological polar surface area (TPSA) is 101 Å². The summed E-state index contributed by atoms with van der Waals surface area (Å²) in [5, 5.41) is 15.6. The summed E-state index contributed by atoms with van der Waals surface area (Å²) in [4.78, 5) is 18.7. The molecule has 3 rings (SSSR count). The Morgan fingerprint density at radius 1 is 1.33 bits per heavy atom. The average molecular weight is 463 g/mol. The number of nitrogens with one attached hydrogen (secondary N) is 1. The van der Waals surface area contributed by atoms with Crippen LogP contribution in [0.1, 0.15) is 62.6 Å². The van der Waals surface area contributed by atoms with E-state index >= 15 is 0 Å². The number of aromatic nitrogens is 2. The summed E-state index contributed by atoms with van der Waals surface area (Å²) in [6.45, 7) is 8.01. The van der Waals surface area contributed by atoms with E-state index in [9.17, 15) is 9.18 Å². The number of benzene rings is 1. The van der Waals surface area contributed by atoms with Gasteiger partial charge in [-0.05, 0) is 56.6 Å². The lowest BCUT2D eigenvalue weighted by Crippen LogP contribution is -2.35. The highest BCUT2D eigenvalue weighted by Gasteiger charge is 2.23. The number of nitrogens with zero attached hydrogens (tertiary/aromatic N) is 3. The largest absolute Gasteiger partial charge is 0.493 e. The highest BCUT2D eigenvalue weighted by Crippen LogP contribution is 2.26. The number of amides is 1. The summed E-state index contributed by atoms with van der Waals surface area (Å²) in [5.41, 5.74) is -0.0630. The molecule has 0 bridgehead atoms. The fraction of sp³-hybridized carbons (Fsp3) is 0.625. The Labute approximate surface area is 194 Å². The van der Waals surface area contributed by atoms with Gasteiger partial charge in [0.25, 0.3) is 5.91 Å². The number of aliphatic hydroxyl groups is 1. The van der Waals surface area contributed by atoms with Crippen molar-refractivity contribution in [3.05, 3.63) is 35.4 Å². The van der Waals surface area contributed by atoms with Crippen molar-refractivity contribution < 1.29 is 23.6 Å². The first-order valence-corrected chi connectivity index (χ1v) is 11.8. The molecule has 1 fully saturated rings. The minimum absolute atomic E-state index is 0.0630. The van der Waals surface area contributed by atoms with Crippen LogP contribution in [0.5, 0.6) is 5.75 Å². The van der Waals surface area contributed by atoms with Crippen LogP contribution in [0.15, 0.2) is 22.7 Å². The molecule has 2 N–H and O–H groups in total. The van der Waals surface area contributed by atoms with Gasteiger partial charge in [0.05, 0.1) is 18.8 Å². The molecule has 1 amide bonds. The van der Waals surface area contributed by atoms with E-state index in [0.717, 1.165) is 51.0 Å². The Hall–Kier alpha value is -2.68. The molecule has 0 saturated carbocycles. The molecule has 0 spiro atoms. The van der Waals surface area contributed by atoms with Gasteiger partial charge >= 0.3 is 6.01 Å². The Bertz CT molecular complexity index is 896. The van der Waals surface area contributed by atoms with Crippen LogP contribution in [-0.2, 0) is 6.42 Å². The van der Waals surface area contributed by atoms with Crippen molar-refractivity contribution in [3.63, 3.8) is 0 Å². The summed E-state index contributed by atoms with van der Waals surface area (Å²) in [5.74, 6) is 1.09. The van der Waals surface area contributed by atoms with E-state index in [1.165, 1.54) is 12.1 Å². The lowest BCUT2D eigenvalue weighted by Gasteiger charge is -2.30. The standard InChI is InChI=1S/C24H35FN4O4/c1-16(2)13-22-27-24(33-28-22)29-10-8-18(9-11-29)5-4-12-32-19-6-7-20(21(25)14-19)23(31)26-17(3)15-30/h6-7,14,16-18,30H,4-5,8-13,15H2,1-3H3,(H,26,31)/t17-/m1/s1. The van der Waals surface area contributed by atoms with E-state index < -0.39 is 17.8 Å². The fourth-order valence-electron chi connectivity index (χ4n) is 3.91. The second-order valence-corrected chi connectivity index (χ2v) is 9.21. The first-order chi connectivity index (χ1) is 15.9. The smallest absolute Gasteiger partial charge is 0.324 e. The van der Waals surface area contributed by atoms with Crippen LogP contribution in [-0.4, -0.2) is 53.5 Å². The fourth-order valence-corrected chi connectivity index (χ4v) is 3.91. The lowest BCUT2D eigenvalue weighted by atomic mass is 9.92. The van der Waals surface area contributed by atoms with E-state index in [2.05, 4.69) is 34.2 Å². The zero-order valence-electron chi connectivity index (χ0n) is 19.7. The molecule has 1 aliphatic rings. The van der Waals surface area contributed by atoms with Crippen molar-refractivity contribution in [3.8, 4) is 5.75 Å². The van der Waals surface area contributed by atoms with Gasteiger partial charge in [0, 0.05) is 31.6 Å². The molecule has 1 aliphatic heterocycles. The van der Waals surface area contributed by atoms with E-state index in [-0.39, 0.29) is 12.2 Å². The van der Waals surface area contributed by atoms with Gasteiger partial charge in [-0.15, -0.1) is 0 Å². The number of carbonyl (C=O) groups is 1. The van der Waals surface area contributed by atoms with Crippen LogP contribution in [0.4, 0.5) is 10.4 Å². The maximum atomic E-state index is 14.3. The zero-order valence-corrected chi connectivity index (χ0v) is 19.7. The minimum Gasteiger partial charge on any atom is -0.493 e. The highest BCUT2D eigenvalue weighted by molar-refractivity contribution is 5.94. The Balaban J connectivity index is 1.36. The van der Waals surface area contributed by atoms with Crippen molar-refractivity contribution in [2.75, 3.05) is 31.2 Å². The zero-order chi connectivity index (χ0) is 23.8.